The van der Waals surface area contributed by atoms with Crippen LogP contribution in [0.25, 0.3) is 0 Å². The van der Waals surface area contributed by atoms with Crippen LogP contribution in [0.1, 0.15) is 12.8 Å². The molecule has 1 amide bonds. The number of rotatable bonds is 5. The quantitative estimate of drug-likeness (QED) is 0.637. The topological polar surface area (TPSA) is 110 Å². The molecule has 2 aromatic carbocycles. The van der Waals surface area contributed by atoms with Crippen LogP contribution in [0.5, 0.6) is 0 Å². The molecule has 0 aromatic heterocycles. The van der Waals surface area contributed by atoms with Crippen molar-refractivity contribution in [3.05, 3.63) is 64.7 Å². The zero-order chi connectivity index (χ0) is 18.7. The minimum atomic E-state index is -3.92. The summed E-state index contributed by atoms with van der Waals surface area (Å²) in [6.07, 6.45) is 0.990. The summed E-state index contributed by atoms with van der Waals surface area (Å²) in [4.78, 5) is 22.6. The summed E-state index contributed by atoms with van der Waals surface area (Å²) in [6, 6.07) is 12.7. The van der Waals surface area contributed by atoms with Gasteiger partial charge < -0.3 is 5.32 Å². The van der Waals surface area contributed by atoms with E-state index in [0.717, 1.165) is 16.4 Å². The van der Waals surface area contributed by atoms with E-state index in [-0.39, 0.29) is 23.0 Å². The number of nitrogens with zero attached hydrogens (tertiary/aromatic N) is 2. The Morgan fingerprint density at radius 3 is 2.38 bits per heavy atom. The maximum absolute atomic E-state index is 12.9. The number of benzene rings is 2. The molecule has 26 heavy (non-hydrogen) atoms. The summed E-state index contributed by atoms with van der Waals surface area (Å²) in [5.74, 6) is -0.390. The molecular weight excluding hydrogens is 358 g/mol. The van der Waals surface area contributed by atoms with Crippen LogP contribution in [-0.2, 0) is 14.8 Å². The molecule has 1 N–H and O–H groups in total. The Morgan fingerprint density at radius 1 is 1.12 bits per heavy atom. The molecule has 1 atom stereocenters. The third-order valence-electron chi connectivity index (χ3n) is 4.20. The van der Waals surface area contributed by atoms with Gasteiger partial charge in [-0.3, -0.25) is 14.9 Å². The van der Waals surface area contributed by atoms with Crippen LogP contribution in [0.15, 0.2) is 59.5 Å². The molecule has 1 aliphatic rings. The molecule has 0 aliphatic carbocycles. The minimum Gasteiger partial charge on any atom is -0.325 e. The fourth-order valence-electron chi connectivity index (χ4n) is 2.91. The van der Waals surface area contributed by atoms with E-state index in [1.54, 1.807) is 24.3 Å². The van der Waals surface area contributed by atoms with Crippen molar-refractivity contribution in [2.45, 2.75) is 23.8 Å². The Hall–Kier alpha value is -2.78. The van der Waals surface area contributed by atoms with Crippen LogP contribution in [0.4, 0.5) is 11.4 Å². The first kappa shape index (κ1) is 18.0. The molecule has 1 aliphatic heterocycles. The fourth-order valence-corrected chi connectivity index (χ4v) is 4.57. The van der Waals surface area contributed by atoms with Gasteiger partial charge in [-0.1, -0.05) is 18.2 Å². The van der Waals surface area contributed by atoms with Gasteiger partial charge in [0.2, 0.25) is 15.9 Å². The van der Waals surface area contributed by atoms with Crippen LogP contribution in [-0.4, -0.2) is 36.1 Å². The second kappa shape index (κ2) is 7.22. The highest BCUT2D eigenvalue weighted by Crippen LogP contribution is 2.28. The Labute approximate surface area is 150 Å². The molecule has 136 valence electrons. The van der Waals surface area contributed by atoms with Crippen LogP contribution in [0.3, 0.4) is 0 Å². The van der Waals surface area contributed by atoms with Gasteiger partial charge in [-0.15, -0.1) is 0 Å². The second-order valence-corrected chi connectivity index (χ2v) is 7.77. The largest absolute Gasteiger partial charge is 0.325 e. The van der Waals surface area contributed by atoms with E-state index in [4.69, 9.17) is 0 Å². The Bertz CT molecular complexity index is 913. The van der Waals surface area contributed by atoms with Gasteiger partial charge in [0.1, 0.15) is 6.04 Å². The first-order chi connectivity index (χ1) is 12.4. The van der Waals surface area contributed by atoms with Crippen molar-refractivity contribution in [1.82, 2.24) is 4.31 Å². The number of hydrogen-bond donors (Lipinski definition) is 1. The summed E-state index contributed by atoms with van der Waals surface area (Å²) >= 11 is 0. The zero-order valence-corrected chi connectivity index (χ0v) is 14.6. The smallest absolute Gasteiger partial charge is 0.269 e. The summed E-state index contributed by atoms with van der Waals surface area (Å²) in [5, 5.41) is 13.5. The molecule has 1 heterocycles. The second-order valence-electron chi connectivity index (χ2n) is 5.88. The van der Waals surface area contributed by atoms with E-state index in [1.807, 2.05) is 6.07 Å². The lowest BCUT2D eigenvalue weighted by molar-refractivity contribution is -0.384. The predicted molar refractivity (Wildman–Crippen MR) is 95.1 cm³/mol. The number of carbonyl (C=O) groups is 1. The number of hydrogen-bond acceptors (Lipinski definition) is 5. The lowest BCUT2D eigenvalue weighted by Crippen LogP contribution is -2.43. The van der Waals surface area contributed by atoms with Crippen molar-refractivity contribution in [3.63, 3.8) is 0 Å². The van der Waals surface area contributed by atoms with Crippen molar-refractivity contribution in [2.75, 3.05) is 11.9 Å². The van der Waals surface area contributed by atoms with Gasteiger partial charge in [0.15, 0.2) is 0 Å². The van der Waals surface area contributed by atoms with E-state index < -0.39 is 21.0 Å². The van der Waals surface area contributed by atoms with Crippen molar-refractivity contribution in [2.24, 2.45) is 0 Å². The summed E-state index contributed by atoms with van der Waals surface area (Å²) in [6.45, 7) is 0.228. The van der Waals surface area contributed by atoms with E-state index in [9.17, 15) is 23.3 Å². The van der Waals surface area contributed by atoms with E-state index in [2.05, 4.69) is 5.32 Å². The van der Waals surface area contributed by atoms with E-state index in [0.29, 0.717) is 18.5 Å². The van der Waals surface area contributed by atoms with E-state index >= 15 is 0 Å². The van der Waals surface area contributed by atoms with Gasteiger partial charge in [-0.25, -0.2) is 8.42 Å². The number of para-hydroxylation sites is 1. The van der Waals surface area contributed by atoms with Gasteiger partial charge in [0.05, 0.1) is 9.82 Å². The molecule has 8 nitrogen and oxygen atoms in total. The maximum Gasteiger partial charge on any atom is 0.269 e. The van der Waals surface area contributed by atoms with Crippen LogP contribution < -0.4 is 5.32 Å². The third-order valence-corrected chi connectivity index (χ3v) is 6.12. The summed E-state index contributed by atoms with van der Waals surface area (Å²) in [7, 11) is -3.92. The summed E-state index contributed by atoms with van der Waals surface area (Å²) in [5.41, 5.74) is 0.404. The molecule has 2 aromatic rings. The normalized spacial score (nSPS) is 17.8. The lowest BCUT2D eigenvalue weighted by atomic mass is 10.2. The highest BCUT2D eigenvalue weighted by atomic mass is 32.2. The molecule has 1 saturated heterocycles. The molecule has 0 radical (unpaired) electrons. The number of nitrogens with one attached hydrogen (secondary N) is 1. The van der Waals surface area contributed by atoms with Crippen molar-refractivity contribution < 1.29 is 18.1 Å². The lowest BCUT2D eigenvalue weighted by Gasteiger charge is -2.23. The highest BCUT2D eigenvalue weighted by molar-refractivity contribution is 7.89. The zero-order valence-electron chi connectivity index (χ0n) is 13.7. The molecule has 1 fully saturated rings. The number of sulfonamides is 1. The predicted octanol–water partition coefficient (Wildman–Crippen LogP) is 2.39. The monoisotopic (exact) mass is 375 g/mol. The van der Waals surface area contributed by atoms with Crippen LogP contribution in [0, 0.1) is 10.1 Å². The Balaban J connectivity index is 1.82. The standard InChI is InChI=1S/C17H17N3O5S/c21-17(18-13-5-2-1-3-6-13)16-7-4-12-19(16)26(24,25)15-10-8-14(9-11-15)20(22)23/h1-3,5-6,8-11,16H,4,7,12H2,(H,18,21)/t16-/m0/s1. The molecule has 0 bridgehead atoms. The van der Waals surface area contributed by atoms with Gasteiger partial charge in [0, 0.05) is 24.4 Å². The summed E-state index contributed by atoms with van der Waals surface area (Å²) < 4.78 is 26.9. The van der Waals surface area contributed by atoms with Crippen LogP contribution >= 0.6 is 0 Å². The SMILES string of the molecule is O=C(Nc1ccccc1)[C@@H]1CCCN1S(=O)(=O)c1ccc([N+](=O)[O-])cc1. The Kier molecular flexibility index (Phi) is 5.01. The van der Waals surface area contributed by atoms with Crippen molar-refractivity contribution in [3.8, 4) is 0 Å². The average Bonchev–Trinajstić information content (AvgIpc) is 3.13. The number of amides is 1. The van der Waals surface area contributed by atoms with Crippen molar-refractivity contribution in [1.29, 1.82) is 0 Å². The minimum absolute atomic E-state index is 0.0671. The molecule has 9 heteroatoms. The first-order valence-electron chi connectivity index (χ1n) is 8.02. The van der Waals surface area contributed by atoms with Gasteiger partial charge >= 0.3 is 0 Å². The average molecular weight is 375 g/mol. The molecule has 0 saturated carbocycles. The maximum atomic E-state index is 12.9. The number of carbonyl (C=O) groups excluding carboxylic acids is 1. The number of anilines is 1. The molecule has 3 rings (SSSR count). The highest BCUT2D eigenvalue weighted by Gasteiger charge is 2.39. The van der Waals surface area contributed by atoms with Gasteiger partial charge in [0.25, 0.3) is 5.69 Å². The molecule has 0 unspecified atom stereocenters. The van der Waals surface area contributed by atoms with Crippen LogP contribution in [0.2, 0.25) is 0 Å². The number of nitro benzene ring substituents is 1. The van der Waals surface area contributed by atoms with Gasteiger partial charge in [-0.05, 0) is 37.1 Å². The van der Waals surface area contributed by atoms with Gasteiger partial charge in [-0.2, -0.15) is 4.31 Å². The fraction of sp³-hybridized carbons (Fsp3) is 0.235. The van der Waals surface area contributed by atoms with E-state index in [1.165, 1.54) is 12.1 Å². The molecule has 0 spiro atoms. The van der Waals surface area contributed by atoms with Crippen molar-refractivity contribution >= 4 is 27.3 Å². The Morgan fingerprint density at radius 2 is 1.77 bits per heavy atom. The molecular formula is C17H17N3O5S. The third kappa shape index (κ3) is 3.58. The first-order valence-corrected chi connectivity index (χ1v) is 9.46. The number of nitro groups is 1. The number of non-ortho nitro benzene ring substituents is 1.